The Bertz CT molecular complexity index is 672. The maximum absolute atomic E-state index is 13.6. The van der Waals surface area contributed by atoms with Gasteiger partial charge in [0.25, 0.3) is 0 Å². The molecule has 30 heavy (non-hydrogen) atoms. The standard InChI is InChI=1S/C27H40O3/c1-3-4-5-9-18-30-23-15-13-22(14-16-23)26(21-10-7-6-8-11-21)27(29)24-17-12-20(2)19-25(24)28/h13-16,20-21,24,26H,3-12,17-19H2,1-2H3. The molecule has 0 radical (unpaired) electrons. The number of benzene rings is 1. The number of hydrogen-bond donors (Lipinski definition) is 0. The summed E-state index contributed by atoms with van der Waals surface area (Å²) in [6, 6.07) is 8.19. The summed E-state index contributed by atoms with van der Waals surface area (Å²) in [6.07, 6.45) is 12.9. The zero-order valence-corrected chi connectivity index (χ0v) is 19.0. The van der Waals surface area contributed by atoms with E-state index in [0.717, 1.165) is 50.0 Å². The molecule has 0 saturated heterocycles. The molecule has 0 amide bonds. The molecule has 0 aromatic heterocycles. The van der Waals surface area contributed by atoms with Gasteiger partial charge in [-0.3, -0.25) is 9.59 Å². The van der Waals surface area contributed by atoms with Crippen molar-refractivity contribution < 1.29 is 14.3 Å². The molecule has 0 spiro atoms. The Balaban J connectivity index is 1.70. The van der Waals surface area contributed by atoms with Crippen molar-refractivity contribution in [3.8, 4) is 5.75 Å². The molecular formula is C27H40O3. The molecule has 3 atom stereocenters. The first kappa shape index (κ1) is 23.0. The molecule has 0 N–H and O–H groups in total. The third-order valence-corrected chi connectivity index (χ3v) is 7.16. The van der Waals surface area contributed by atoms with Gasteiger partial charge in [-0.25, -0.2) is 0 Å². The summed E-state index contributed by atoms with van der Waals surface area (Å²) < 4.78 is 5.90. The van der Waals surface area contributed by atoms with Crippen molar-refractivity contribution in [2.45, 2.75) is 96.8 Å². The summed E-state index contributed by atoms with van der Waals surface area (Å²) in [5.74, 6) is 1.52. The highest BCUT2D eigenvalue weighted by Crippen LogP contribution is 2.40. The smallest absolute Gasteiger partial charge is 0.151 e. The van der Waals surface area contributed by atoms with Gasteiger partial charge in [0.1, 0.15) is 11.5 Å². The third-order valence-electron chi connectivity index (χ3n) is 7.16. The highest BCUT2D eigenvalue weighted by Gasteiger charge is 2.39. The number of ether oxygens (including phenoxy) is 1. The zero-order chi connectivity index (χ0) is 21.3. The van der Waals surface area contributed by atoms with Crippen LogP contribution in [0.4, 0.5) is 0 Å². The van der Waals surface area contributed by atoms with Gasteiger partial charge in [-0.15, -0.1) is 0 Å². The molecule has 1 aromatic rings. The summed E-state index contributed by atoms with van der Waals surface area (Å²) in [6.45, 7) is 5.09. The maximum Gasteiger partial charge on any atom is 0.151 e. The van der Waals surface area contributed by atoms with Gasteiger partial charge in [0.2, 0.25) is 0 Å². The number of ketones is 2. The van der Waals surface area contributed by atoms with Gasteiger partial charge in [-0.1, -0.05) is 64.5 Å². The van der Waals surface area contributed by atoms with Crippen LogP contribution in [-0.2, 0) is 9.59 Å². The van der Waals surface area contributed by atoms with Gasteiger partial charge in [-0.05, 0) is 61.6 Å². The maximum atomic E-state index is 13.6. The van der Waals surface area contributed by atoms with Crippen molar-refractivity contribution in [1.29, 1.82) is 0 Å². The highest BCUT2D eigenvalue weighted by atomic mass is 16.5. The van der Waals surface area contributed by atoms with E-state index in [4.69, 9.17) is 4.74 Å². The van der Waals surface area contributed by atoms with E-state index in [2.05, 4.69) is 26.0 Å². The zero-order valence-electron chi connectivity index (χ0n) is 19.0. The summed E-state index contributed by atoms with van der Waals surface area (Å²) >= 11 is 0. The van der Waals surface area contributed by atoms with Crippen LogP contribution in [0.3, 0.4) is 0 Å². The summed E-state index contributed by atoms with van der Waals surface area (Å²) in [5, 5.41) is 0. The van der Waals surface area contributed by atoms with Crippen LogP contribution in [-0.4, -0.2) is 18.2 Å². The first-order valence-electron chi connectivity index (χ1n) is 12.4. The van der Waals surface area contributed by atoms with Gasteiger partial charge in [-0.2, -0.15) is 0 Å². The fourth-order valence-electron chi connectivity index (χ4n) is 5.34. The van der Waals surface area contributed by atoms with E-state index in [9.17, 15) is 9.59 Å². The van der Waals surface area contributed by atoms with Crippen molar-refractivity contribution in [2.75, 3.05) is 6.61 Å². The first-order valence-corrected chi connectivity index (χ1v) is 12.4. The second kappa shape index (κ2) is 11.7. The van der Waals surface area contributed by atoms with E-state index in [-0.39, 0.29) is 23.4 Å². The lowest BCUT2D eigenvalue weighted by Crippen LogP contribution is -2.36. The lowest BCUT2D eigenvalue weighted by molar-refractivity contribution is -0.137. The first-order chi connectivity index (χ1) is 14.6. The van der Waals surface area contributed by atoms with E-state index < -0.39 is 0 Å². The lowest BCUT2D eigenvalue weighted by atomic mass is 9.69. The Kier molecular flexibility index (Phi) is 8.96. The molecule has 2 fully saturated rings. The van der Waals surface area contributed by atoms with E-state index >= 15 is 0 Å². The second-order valence-corrected chi connectivity index (χ2v) is 9.66. The SMILES string of the molecule is CCCCCCOc1ccc(C(C(=O)C2CCC(C)CC2=O)C2CCCCC2)cc1. The average Bonchev–Trinajstić information content (AvgIpc) is 2.75. The van der Waals surface area contributed by atoms with Gasteiger partial charge in [0.05, 0.1) is 12.5 Å². The molecule has 3 unspecified atom stereocenters. The predicted molar refractivity (Wildman–Crippen MR) is 122 cm³/mol. The summed E-state index contributed by atoms with van der Waals surface area (Å²) in [7, 11) is 0. The monoisotopic (exact) mass is 412 g/mol. The van der Waals surface area contributed by atoms with Gasteiger partial charge in [0, 0.05) is 12.3 Å². The van der Waals surface area contributed by atoms with Crippen LogP contribution >= 0.6 is 0 Å². The molecule has 2 aliphatic rings. The lowest BCUT2D eigenvalue weighted by Gasteiger charge is -2.33. The number of unbranched alkanes of at least 4 members (excludes halogenated alkanes) is 3. The molecule has 1 aromatic carbocycles. The van der Waals surface area contributed by atoms with Crippen LogP contribution in [0.1, 0.15) is 102 Å². The fraction of sp³-hybridized carbons (Fsp3) is 0.704. The fourth-order valence-corrected chi connectivity index (χ4v) is 5.34. The number of carbonyl (C=O) groups excluding carboxylic acids is 2. The van der Waals surface area contributed by atoms with Gasteiger partial charge in [0.15, 0.2) is 5.78 Å². The van der Waals surface area contributed by atoms with Crippen LogP contribution < -0.4 is 4.74 Å². The number of hydrogen-bond acceptors (Lipinski definition) is 3. The Morgan fingerprint density at radius 2 is 1.73 bits per heavy atom. The predicted octanol–water partition coefficient (Wildman–Crippen LogP) is 6.88. The van der Waals surface area contributed by atoms with Gasteiger partial charge < -0.3 is 4.74 Å². The largest absolute Gasteiger partial charge is 0.494 e. The van der Waals surface area contributed by atoms with Crippen molar-refractivity contribution >= 4 is 11.6 Å². The molecule has 166 valence electrons. The Morgan fingerprint density at radius 1 is 1.00 bits per heavy atom. The summed E-state index contributed by atoms with van der Waals surface area (Å²) in [5.41, 5.74) is 1.08. The van der Waals surface area contributed by atoms with Crippen molar-refractivity contribution in [2.24, 2.45) is 17.8 Å². The molecule has 0 aliphatic heterocycles. The Morgan fingerprint density at radius 3 is 2.40 bits per heavy atom. The third kappa shape index (κ3) is 6.18. The minimum Gasteiger partial charge on any atom is -0.494 e. The van der Waals surface area contributed by atoms with Crippen LogP contribution in [0.5, 0.6) is 5.75 Å². The molecule has 0 heterocycles. The van der Waals surface area contributed by atoms with E-state index in [1.165, 1.54) is 38.5 Å². The Hall–Kier alpha value is -1.64. The average molecular weight is 413 g/mol. The quantitative estimate of drug-likeness (QED) is 0.310. The highest BCUT2D eigenvalue weighted by molar-refractivity contribution is 6.05. The summed E-state index contributed by atoms with van der Waals surface area (Å²) in [4.78, 5) is 26.3. The van der Waals surface area contributed by atoms with E-state index in [1.54, 1.807) is 0 Å². The second-order valence-electron chi connectivity index (χ2n) is 9.66. The molecule has 3 nitrogen and oxygen atoms in total. The minimum atomic E-state index is -0.386. The van der Waals surface area contributed by atoms with Crippen LogP contribution in [0.2, 0.25) is 0 Å². The molecule has 2 saturated carbocycles. The van der Waals surface area contributed by atoms with Crippen molar-refractivity contribution in [3.05, 3.63) is 29.8 Å². The van der Waals surface area contributed by atoms with Crippen LogP contribution in [0, 0.1) is 17.8 Å². The number of carbonyl (C=O) groups is 2. The van der Waals surface area contributed by atoms with Crippen molar-refractivity contribution in [1.82, 2.24) is 0 Å². The van der Waals surface area contributed by atoms with E-state index in [1.807, 2.05) is 12.1 Å². The Labute approximate surface area is 183 Å². The molecular weight excluding hydrogens is 372 g/mol. The van der Waals surface area contributed by atoms with Crippen molar-refractivity contribution in [3.63, 3.8) is 0 Å². The minimum absolute atomic E-state index is 0.133. The number of Topliss-reactive ketones (excluding diaryl/α,β-unsaturated/α-hetero) is 2. The molecule has 0 bridgehead atoms. The number of rotatable bonds is 10. The molecule has 3 rings (SSSR count). The van der Waals surface area contributed by atoms with Crippen LogP contribution in [0.15, 0.2) is 24.3 Å². The normalized spacial score (nSPS) is 23.9. The van der Waals surface area contributed by atoms with E-state index in [0.29, 0.717) is 18.3 Å². The van der Waals surface area contributed by atoms with Gasteiger partial charge >= 0.3 is 0 Å². The van der Waals surface area contributed by atoms with Crippen LogP contribution in [0.25, 0.3) is 0 Å². The topological polar surface area (TPSA) is 43.4 Å². The molecule has 3 heteroatoms. The molecule has 2 aliphatic carbocycles.